The molecule has 0 aromatic carbocycles. The zero-order valence-electron chi connectivity index (χ0n) is 15.7. The van der Waals surface area contributed by atoms with Crippen molar-refractivity contribution >= 4 is 21.9 Å². The molecular weight excluding hydrogens is 388 g/mol. The Balaban J connectivity index is 1.49. The Labute approximate surface area is 162 Å². The first-order chi connectivity index (χ1) is 13.3. The van der Waals surface area contributed by atoms with Crippen molar-refractivity contribution in [2.75, 3.05) is 27.2 Å². The number of furan rings is 2. The van der Waals surface area contributed by atoms with E-state index in [1.54, 1.807) is 17.0 Å². The van der Waals surface area contributed by atoms with Gasteiger partial charge in [0, 0.05) is 27.2 Å². The van der Waals surface area contributed by atoms with Crippen LogP contribution < -0.4 is 0 Å². The fraction of sp³-hybridized carbons (Fsp3) is 0.444. The van der Waals surface area contributed by atoms with Crippen LogP contribution in [0.1, 0.15) is 29.2 Å². The highest BCUT2D eigenvalue weighted by Gasteiger charge is 2.30. The van der Waals surface area contributed by atoms with Crippen molar-refractivity contribution in [2.24, 2.45) is 5.92 Å². The Bertz CT molecular complexity index is 923. The van der Waals surface area contributed by atoms with E-state index in [1.807, 2.05) is 0 Å². The summed E-state index contributed by atoms with van der Waals surface area (Å²) in [7, 11) is -0.860. The van der Waals surface area contributed by atoms with E-state index >= 15 is 0 Å². The Hall–Kier alpha value is -2.59. The number of likely N-dealkylation sites (tertiary alicyclic amines) is 1. The highest BCUT2D eigenvalue weighted by Crippen LogP contribution is 2.22. The smallest absolute Gasteiger partial charge is 0.309 e. The largest absolute Gasteiger partial charge is 0.459 e. The first kappa shape index (κ1) is 20.2. The van der Waals surface area contributed by atoms with Crippen molar-refractivity contribution in [3.8, 4) is 0 Å². The number of sulfonamides is 1. The molecule has 0 unspecified atom stereocenters. The average molecular weight is 410 g/mol. The third-order valence-electron chi connectivity index (χ3n) is 4.58. The van der Waals surface area contributed by atoms with E-state index in [0.717, 1.165) is 4.31 Å². The van der Waals surface area contributed by atoms with Crippen LogP contribution in [0.4, 0.5) is 0 Å². The van der Waals surface area contributed by atoms with Gasteiger partial charge < -0.3 is 18.5 Å². The van der Waals surface area contributed by atoms with Crippen LogP contribution in [0.3, 0.4) is 0 Å². The molecule has 152 valence electrons. The van der Waals surface area contributed by atoms with E-state index in [4.69, 9.17) is 13.6 Å². The monoisotopic (exact) mass is 410 g/mol. The summed E-state index contributed by atoms with van der Waals surface area (Å²) in [6, 6.07) is 6.06. The van der Waals surface area contributed by atoms with Crippen molar-refractivity contribution in [1.82, 2.24) is 9.21 Å². The van der Waals surface area contributed by atoms with Crippen molar-refractivity contribution < 1.29 is 31.6 Å². The van der Waals surface area contributed by atoms with Crippen LogP contribution in [0.5, 0.6) is 0 Å². The SMILES string of the molecule is CN(C)S(=O)(=O)c1ccc(COC(=O)C2CCN(C(=O)c3ccco3)CC2)o1. The van der Waals surface area contributed by atoms with Gasteiger partial charge in [-0.15, -0.1) is 0 Å². The first-order valence-electron chi connectivity index (χ1n) is 8.79. The van der Waals surface area contributed by atoms with Gasteiger partial charge in [-0.3, -0.25) is 9.59 Å². The van der Waals surface area contributed by atoms with Gasteiger partial charge in [-0.05, 0) is 37.1 Å². The number of ether oxygens (including phenoxy) is 1. The minimum Gasteiger partial charge on any atom is -0.459 e. The van der Waals surface area contributed by atoms with Gasteiger partial charge in [0.05, 0.1) is 12.2 Å². The quantitative estimate of drug-likeness (QED) is 0.667. The number of hydrogen-bond donors (Lipinski definition) is 0. The summed E-state index contributed by atoms with van der Waals surface area (Å²) in [5.74, 6) is -0.373. The zero-order chi connectivity index (χ0) is 20.3. The minimum absolute atomic E-state index is 0.146. The molecule has 2 aromatic heterocycles. The van der Waals surface area contributed by atoms with Crippen LogP contribution >= 0.6 is 0 Å². The van der Waals surface area contributed by atoms with Gasteiger partial charge in [0.15, 0.2) is 5.76 Å². The van der Waals surface area contributed by atoms with Crippen LogP contribution in [-0.2, 0) is 26.2 Å². The van der Waals surface area contributed by atoms with Gasteiger partial charge in [0.1, 0.15) is 12.4 Å². The van der Waals surface area contributed by atoms with Crippen molar-refractivity contribution in [3.05, 3.63) is 42.0 Å². The number of esters is 1. The summed E-state index contributed by atoms with van der Waals surface area (Å²) in [6.45, 7) is 0.726. The lowest BCUT2D eigenvalue weighted by Crippen LogP contribution is -2.40. The molecule has 0 spiro atoms. The van der Waals surface area contributed by atoms with Crippen LogP contribution in [0.2, 0.25) is 0 Å². The molecule has 0 N–H and O–H groups in total. The van der Waals surface area contributed by atoms with Crippen LogP contribution in [0, 0.1) is 5.92 Å². The number of nitrogens with zero attached hydrogens (tertiary/aromatic N) is 2. The van der Waals surface area contributed by atoms with Gasteiger partial charge in [-0.2, -0.15) is 0 Å². The molecule has 28 heavy (non-hydrogen) atoms. The lowest BCUT2D eigenvalue weighted by atomic mass is 9.97. The number of amides is 1. The fourth-order valence-electron chi connectivity index (χ4n) is 2.89. The molecule has 0 bridgehead atoms. The molecule has 0 aliphatic carbocycles. The Kier molecular flexibility index (Phi) is 5.90. The standard InChI is InChI=1S/C18H22N2O7S/c1-19(2)28(23,24)16-6-5-14(27-16)12-26-18(22)13-7-9-20(10-8-13)17(21)15-4-3-11-25-15/h3-6,11,13H,7-10,12H2,1-2H3. The molecule has 1 aliphatic heterocycles. The molecule has 1 aliphatic rings. The normalized spacial score (nSPS) is 15.8. The summed E-state index contributed by atoms with van der Waals surface area (Å²) < 4.78 is 40.7. The highest BCUT2D eigenvalue weighted by molar-refractivity contribution is 7.88. The van der Waals surface area contributed by atoms with Crippen molar-refractivity contribution in [3.63, 3.8) is 0 Å². The van der Waals surface area contributed by atoms with E-state index in [1.165, 1.54) is 32.5 Å². The number of piperidine rings is 1. The maximum absolute atomic E-state index is 12.3. The van der Waals surface area contributed by atoms with Crippen LogP contribution in [0.15, 0.2) is 44.5 Å². The molecule has 3 heterocycles. The minimum atomic E-state index is -3.67. The van der Waals surface area contributed by atoms with E-state index in [0.29, 0.717) is 25.9 Å². The fourth-order valence-corrected chi connectivity index (χ4v) is 3.70. The lowest BCUT2D eigenvalue weighted by Gasteiger charge is -2.30. The predicted molar refractivity (Wildman–Crippen MR) is 96.7 cm³/mol. The molecule has 9 nitrogen and oxygen atoms in total. The number of carbonyl (C=O) groups excluding carboxylic acids is 2. The second-order valence-corrected chi connectivity index (χ2v) is 8.74. The topological polar surface area (TPSA) is 110 Å². The molecule has 10 heteroatoms. The van der Waals surface area contributed by atoms with E-state index in [9.17, 15) is 18.0 Å². The summed E-state index contributed by atoms with van der Waals surface area (Å²) in [5.41, 5.74) is 0. The molecule has 1 saturated heterocycles. The van der Waals surface area contributed by atoms with Crippen molar-refractivity contribution in [2.45, 2.75) is 24.5 Å². The van der Waals surface area contributed by atoms with Crippen LogP contribution in [0.25, 0.3) is 0 Å². The molecule has 0 saturated carbocycles. The van der Waals surface area contributed by atoms with Gasteiger partial charge in [-0.25, -0.2) is 12.7 Å². The first-order valence-corrected chi connectivity index (χ1v) is 10.2. The Morgan fingerprint density at radius 1 is 1.21 bits per heavy atom. The molecule has 1 fully saturated rings. The molecule has 1 amide bonds. The maximum atomic E-state index is 12.3. The third-order valence-corrected chi connectivity index (χ3v) is 6.27. The van der Waals surface area contributed by atoms with Crippen molar-refractivity contribution in [1.29, 1.82) is 0 Å². The number of hydrogen-bond acceptors (Lipinski definition) is 7. The highest BCUT2D eigenvalue weighted by atomic mass is 32.2. The summed E-state index contributed by atoms with van der Waals surface area (Å²) >= 11 is 0. The van der Waals surface area contributed by atoms with Gasteiger partial charge in [0.2, 0.25) is 5.09 Å². The van der Waals surface area contributed by atoms with Gasteiger partial charge in [-0.1, -0.05) is 0 Å². The summed E-state index contributed by atoms with van der Waals surface area (Å²) in [5, 5.41) is -0.201. The Morgan fingerprint density at radius 2 is 1.93 bits per heavy atom. The van der Waals surface area contributed by atoms with E-state index in [2.05, 4.69) is 0 Å². The average Bonchev–Trinajstić information content (AvgIpc) is 3.37. The predicted octanol–water partition coefficient (Wildman–Crippen LogP) is 1.72. The summed E-state index contributed by atoms with van der Waals surface area (Å²) in [6.07, 6.45) is 2.43. The molecular formula is C18H22N2O7S. The maximum Gasteiger partial charge on any atom is 0.309 e. The summed E-state index contributed by atoms with van der Waals surface area (Å²) in [4.78, 5) is 26.2. The van der Waals surface area contributed by atoms with Crippen LogP contribution in [-0.4, -0.2) is 56.7 Å². The number of carbonyl (C=O) groups is 2. The van der Waals surface area contributed by atoms with Gasteiger partial charge in [0.25, 0.3) is 15.9 Å². The zero-order valence-corrected chi connectivity index (χ0v) is 16.5. The third kappa shape index (κ3) is 4.28. The Morgan fingerprint density at radius 3 is 2.54 bits per heavy atom. The number of rotatable bonds is 6. The van der Waals surface area contributed by atoms with E-state index < -0.39 is 16.0 Å². The molecule has 0 radical (unpaired) electrons. The molecule has 0 atom stereocenters. The second kappa shape index (κ2) is 8.19. The molecule has 2 aromatic rings. The van der Waals surface area contributed by atoms with Gasteiger partial charge >= 0.3 is 5.97 Å². The second-order valence-electron chi connectivity index (χ2n) is 6.66. The lowest BCUT2D eigenvalue weighted by molar-refractivity contribution is -0.152. The van der Waals surface area contributed by atoms with E-state index in [-0.39, 0.29) is 35.0 Å². The molecule has 3 rings (SSSR count).